The third-order valence-corrected chi connectivity index (χ3v) is 5.67. The van der Waals surface area contributed by atoms with Gasteiger partial charge in [0.15, 0.2) is 0 Å². The van der Waals surface area contributed by atoms with Gasteiger partial charge in [-0.1, -0.05) is 19.1 Å². The van der Waals surface area contributed by atoms with E-state index in [1.165, 1.54) is 23.1 Å². The molecule has 0 aromatic heterocycles. The molecule has 5 nitrogen and oxygen atoms in total. The van der Waals surface area contributed by atoms with Gasteiger partial charge in [0.05, 0.1) is 17.7 Å². The Bertz CT molecular complexity index is 916. The predicted octanol–water partition coefficient (Wildman–Crippen LogP) is 4.00. The van der Waals surface area contributed by atoms with Crippen LogP contribution >= 0.6 is 22.6 Å². The molecule has 7 heteroatoms. The number of halogens is 2. The SMILES string of the molecule is CCC(C)N(C(=O)c1ccccc1F)C1CC(=O)N(c2ccc(I)cc2)C1=O. The highest BCUT2D eigenvalue weighted by Gasteiger charge is 2.46. The number of carbonyl (C=O) groups excluding carboxylic acids is 3. The average molecular weight is 494 g/mol. The highest BCUT2D eigenvalue weighted by Crippen LogP contribution is 2.29. The molecule has 1 fully saturated rings. The lowest BCUT2D eigenvalue weighted by atomic mass is 10.1. The summed E-state index contributed by atoms with van der Waals surface area (Å²) in [6.07, 6.45) is 0.455. The topological polar surface area (TPSA) is 57.7 Å². The second kappa shape index (κ2) is 8.38. The highest BCUT2D eigenvalue weighted by atomic mass is 127. The summed E-state index contributed by atoms with van der Waals surface area (Å²) in [5.74, 6) is -2.06. The second-order valence-corrected chi connectivity index (χ2v) is 7.96. The minimum absolute atomic E-state index is 0.101. The Morgan fingerprint density at radius 1 is 1.21 bits per heavy atom. The summed E-state index contributed by atoms with van der Waals surface area (Å²) in [6, 6.07) is 11.4. The number of benzene rings is 2. The molecule has 2 unspecified atom stereocenters. The summed E-state index contributed by atoms with van der Waals surface area (Å²) < 4.78 is 15.2. The lowest BCUT2D eigenvalue weighted by Crippen LogP contribution is -2.50. The van der Waals surface area contributed by atoms with E-state index in [0.717, 1.165) is 8.47 Å². The number of anilines is 1. The molecule has 2 aromatic carbocycles. The Hall–Kier alpha value is -2.29. The molecule has 1 aliphatic rings. The number of imide groups is 1. The maximum Gasteiger partial charge on any atom is 0.257 e. The zero-order chi connectivity index (χ0) is 20.4. The van der Waals surface area contributed by atoms with Gasteiger partial charge in [-0.3, -0.25) is 14.4 Å². The van der Waals surface area contributed by atoms with Gasteiger partial charge in [-0.15, -0.1) is 0 Å². The third-order valence-electron chi connectivity index (χ3n) is 4.95. The molecule has 0 N–H and O–H groups in total. The zero-order valence-electron chi connectivity index (χ0n) is 15.6. The molecule has 0 bridgehead atoms. The summed E-state index contributed by atoms with van der Waals surface area (Å²) in [5, 5.41) is 0. The molecule has 2 aromatic rings. The molecule has 3 rings (SSSR count). The van der Waals surface area contributed by atoms with Crippen molar-refractivity contribution in [2.24, 2.45) is 0 Å². The normalized spacial score (nSPS) is 17.7. The van der Waals surface area contributed by atoms with E-state index in [-0.39, 0.29) is 23.9 Å². The molecule has 3 amide bonds. The summed E-state index contributed by atoms with van der Waals surface area (Å²) in [6.45, 7) is 3.68. The van der Waals surface area contributed by atoms with E-state index in [0.29, 0.717) is 12.1 Å². The smallest absolute Gasteiger partial charge is 0.257 e. The summed E-state index contributed by atoms with van der Waals surface area (Å²) in [5.41, 5.74) is 0.371. The van der Waals surface area contributed by atoms with Crippen LogP contribution in [-0.2, 0) is 9.59 Å². The van der Waals surface area contributed by atoms with Crippen LogP contribution in [0.2, 0.25) is 0 Å². The Kier molecular flexibility index (Phi) is 6.12. The van der Waals surface area contributed by atoms with Crippen LogP contribution < -0.4 is 4.90 Å². The van der Waals surface area contributed by atoms with Crippen molar-refractivity contribution in [1.29, 1.82) is 0 Å². The van der Waals surface area contributed by atoms with E-state index in [1.54, 1.807) is 37.3 Å². The standard InChI is InChI=1S/C21H20FIN2O3/c1-3-13(2)24(20(27)16-6-4-5-7-17(16)22)18-12-19(26)25(21(18)28)15-10-8-14(23)9-11-15/h4-11,13,18H,3,12H2,1-2H3. The van der Waals surface area contributed by atoms with E-state index in [4.69, 9.17) is 0 Å². The van der Waals surface area contributed by atoms with Crippen LogP contribution in [0, 0.1) is 9.39 Å². The van der Waals surface area contributed by atoms with Crippen molar-refractivity contribution < 1.29 is 18.8 Å². The Morgan fingerprint density at radius 3 is 2.46 bits per heavy atom. The first kappa shape index (κ1) is 20.4. The summed E-state index contributed by atoms with van der Waals surface area (Å²) in [7, 11) is 0. The highest BCUT2D eigenvalue weighted by molar-refractivity contribution is 14.1. The minimum Gasteiger partial charge on any atom is -0.323 e. The Labute approximate surface area is 176 Å². The van der Waals surface area contributed by atoms with Gasteiger partial charge in [-0.05, 0) is 72.3 Å². The van der Waals surface area contributed by atoms with Gasteiger partial charge in [0.2, 0.25) is 5.91 Å². The fourth-order valence-electron chi connectivity index (χ4n) is 3.31. The van der Waals surface area contributed by atoms with E-state index in [9.17, 15) is 18.8 Å². The van der Waals surface area contributed by atoms with Crippen molar-refractivity contribution >= 4 is 46.0 Å². The fraction of sp³-hybridized carbons (Fsp3) is 0.286. The Balaban J connectivity index is 1.96. The first-order valence-electron chi connectivity index (χ1n) is 9.04. The number of amides is 3. The van der Waals surface area contributed by atoms with Crippen molar-refractivity contribution in [3.8, 4) is 0 Å². The molecule has 0 spiro atoms. The van der Waals surface area contributed by atoms with Crippen LogP contribution in [0.3, 0.4) is 0 Å². The summed E-state index contributed by atoms with van der Waals surface area (Å²) >= 11 is 2.14. The van der Waals surface area contributed by atoms with Gasteiger partial charge in [0.25, 0.3) is 11.8 Å². The maximum atomic E-state index is 14.2. The molecule has 146 valence electrons. The molecule has 0 saturated carbocycles. The number of hydrogen-bond donors (Lipinski definition) is 0. The molecule has 0 aliphatic carbocycles. The first-order valence-corrected chi connectivity index (χ1v) is 10.1. The van der Waals surface area contributed by atoms with Gasteiger partial charge in [-0.25, -0.2) is 9.29 Å². The van der Waals surface area contributed by atoms with Crippen LogP contribution in [0.1, 0.15) is 37.0 Å². The van der Waals surface area contributed by atoms with Crippen LogP contribution in [0.4, 0.5) is 10.1 Å². The maximum absolute atomic E-state index is 14.2. The van der Waals surface area contributed by atoms with Crippen molar-refractivity contribution in [3.05, 3.63) is 63.5 Å². The van der Waals surface area contributed by atoms with Gasteiger partial charge < -0.3 is 4.90 Å². The third kappa shape index (κ3) is 3.80. The van der Waals surface area contributed by atoms with Crippen LogP contribution in [-0.4, -0.2) is 34.7 Å². The molecule has 28 heavy (non-hydrogen) atoms. The van der Waals surface area contributed by atoms with Gasteiger partial charge in [-0.2, -0.15) is 0 Å². The van der Waals surface area contributed by atoms with Crippen LogP contribution in [0.15, 0.2) is 48.5 Å². The van der Waals surface area contributed by atoms with Crippen LogP contribution in [0.5, 0.6) is 0 Å². The molecular weight excluding hydrogens is 474 g/mol. The molecule has 1 heterocycles. The number of rotatable bonds is 5. The number of nitrogens with zero attached hydrogens (tertiary/aromatic N) is 2. The number of carbonyl (C=O) groups is 3. The van der Waals surface area contributed by atoms with E-state index >= 15 is 0 Å². The molecule has 2 atom stereocenters. The molecule has 1 aliphatic heterocycles. The van der Waals surface area contributed by atoms with Crippen molar-refractivity contribution in [2.45, 2.75) is 38.8 Å². The lowest BCUT2D eigenvalue weighted by Gasteiger charge is -2.33. The quantitative estimate of drug-likeness (QED) is 0.467. The Morgan fingerprint density at radius 2 is 1.86 bits per heavy atom. The fourth-order valence-corrected chi connectivity index (χ4v) is 3.67. The minimum atomic E-state index is -0.950. The molecular formula is C21H20FIN2O3. The van der Waals surface area contributed by atoms with Gasteiger partial charge in [0, 0.05) is 9.61 Å². The van der Waals surface area contributed by atoms with Crippen LogP contribution in [0.25, 0.3) is 0 Å². The van der Waals surface area contributed by atoms with Crippen molar-refractivity contribution in [3.63, 3.8) is 0 Å². The molecule has 1 saturated heterocycles. The lowest BCUT2D eigenvalue weighted by molar-refractivity contribution is -0.122. The first-order chi connectivity index (χ1) is 13.3. The second-order valence-electron chi connectivity index (χ2n) is 6.71. The van der Waals surface area contributed by atoms with Crippen molar-refractivity contribution in [1.82, 2.24) is 4.90 Å². The largest absolute Gasteiger partial charge is 0.323 e. The van der Waals surface area contributed by atoms with E-state index < -0.39 is 23.7 Å². The molecule has 0 radical (unpaired) electrons. The predicted molar refractivity (Wildman–Crippen MR) is 112 cm³/mol. The zero-order valence-corrected chi connectivity index (χ0v) is 17.7. The monoisotopic (exact) mass is 494 g/mol. The average Bonchev–Trinajstić information content (AvgIpc) is 2.97. The van der Waals surface area contributed by atoms with E-state index in [2.05, 4.69) is 22.6 Å². The van der Waals surface area contributed by atoms with E-state index in [1.807, 2.05) is 6.92 Å². The van der Waals surface area contributed by atoms with Crippen molar-refractivity contribution in [2.75, 3.05) is 4.90 Å². The summed E-state index contributed by atoms with van der Waals surface area (Å²) in [4.78, 5) is 41.3. The number of hydrogen-bond acceptors (Lipinski definition) is 3. The van der Waals surface area contributed by atoms with Gasteiger partial charge in [0.1, 0.15) is 11.9 Å². The van der Waals surface area contributed by atoms with Gasteiger partial charge >= 0.3 is 0 Å².